The first-order valence-corrected chi connectivity index (χ1v) is 13.9. The molecule has 0 aliphatic carbocycles. The van der Waals surface area contributed by atoms with Crippen molar-refractivity contribution in [3.8, 4) is 17.2 Å². The minimum atomic E-state index is 0.681. The molecule has 0 fully saturated rings. The van der Waals surface area contributed by atoms with E-state index >= 15 is 0 Å². The van der Waals surface area contributed by atoms with Crippen LogP contribution in [0, 0.1) is 0 Å². The second-order valence-corrected chi connectivity index (χ2v) is 10.6. The molecule has 9 aromatic rings. The van der Waals surface area contributed by atoms with Gasteiger partial charge in [-0.15, -0.1) is 0 Å². The van der Waals surface area contributed by atoms with Gasteiger partial charge in [-0.3, -0.25) is 4.57 Å². The van der Waals surface area contributed by atoms with Crippen LogP contribution in [-0.2, 0) is 0 Å². The molecule has 0 spiro atoms. The van der Waals surface area contributed by atoms with E-state index in [2.05, 4.69) is 144 Å². The van der Waals surface area contributed by atoms with Crippen molar-refractivity contribution in [1.82, 2.24) is 14.5 Å². The van der Waals surface area contributed by atoms with E-state index in [4.69, 9.17) is 9.97 Å². The second kappa shape index (κ2) is 8.48. The van der Waals surface area contributed by atoms with Crippen molar-refractivity contribution in [2.45, 2.75) is 0 Å². The minimum absolute atomic E-state index is 0.681. The molecule has 0 amide bonds. The summed E-state index contributed by atoms with van der Waals surface area (Å²) in [4.78, 5) is 10.8. The van der Waals surface area contributed by atoms with Gasteiger partial charge in [-0.1, -0.05) is 133 Å². The highest BCUT2D eigenvalue weighted by Crippen LogP contribution is 2.40. The Balaban J connectivity index is 1.54. The van der Waals surface area contributed by atoms with Crippen LogP contribution in [-0.4, -0.2) is 14.5 Å². The normalized spacial score (nSPS) is 11.9. The van der Waals surface area contributed by atoms with Crippen LogP contribution in [0.2, 0.25) is 0 Å². The molecule has 3 nitrogen and oxygen atoms in total. The number of rotatable bonds is 2. The van der Waals surface area contributed by atoms with Crippen molar-refractivity contribution in [2.24, 2.45) is 0 Å². The van der Waals surface area contributed by atoms with E-state index in [0.717, 1.165) is 38.6 Å². The summed E-state index contributed by atoms with van der Waals surface area (Å²) in [5.41, 5.74) is 5.24. The molecule has 0 bridgehead atoms. The fourth-order valence-corrected chi connectivity index (χ4v) is 6.51. The lowest BCUT2D eigenvalue weighted by Crippen LogP contribution is -2.04. The van der Waals surface area contributed by atoms with Gasteiger partial charge in [0.2, 0.25) is 5.95 Å². The van der Waals surface area contributed by atoms with E-state index in [9.17, 15) is 0 Å². The maximum Gasteiger partial charge on any atom is 0.235 e. The maximum absolute atomic E-state index is 5.40. The van der Waals surface area contributed by atoms with Crippen LogP contribution in [0.15, 0.2) is 140 Å². The van der Waals surface area contributed by atoms with Crippen molar-refractivity contribution < 1.29 is 0 Å². The molecule has 0 saturated carbocycles. The van der Waals surface area contributed by atoms with Gasteiger partial charge >= 0.3 is 0 Å². The predicted molar refractivity (Wildman–Crippen MR) is 172 cm³/mol. The fourth-order valence-electron chi connectivity index (χ4n) is 6.51. The van der Waals surface area contributed by atoms with Gasteiger partial charge in [0.15, 0.2) is 0 Å². The first-order valence-electron chi connectivity index (χ1n) is 13.9. The van der Waals surface area contributed by atoms with Crippen LogP contribution in [0.5, 0.6) is 0 Å². The lowest BCUT2D eigenvalue weighted by atomic mass is 10.0. The fraction of sp³-hybridized carbons (Fsp3) is 0. The molecule has 0 N–H and O–H groups in total. The third-order valence-corrected chi connectivity index (χ3v) is 8.37. The highest BCUT2D eigenvalue weighted by atomic mass is 15.2. The van der Waals surface area contributed by atoms with E-state index in [1.54, 1.807) is 0 Å². The monoisotopic (exact) mass is 521 g/mol. The molecule has 0 saturated heterocycles. The molecule has 190 valence electrons. The Morgan fingerprint density at radius 2 is 0.854 bits per heavy atom. The summed E-state index contributed by atoms with van der Waals surface area (Å²) in [6.07, 6.45) is 0. The predicted octanol–water partition coefficient (Wildman–Crippen LogP) is 9.85. The summed E-state index contributed by atoms with van der Waals surface area (Å²) in [5, 5.41) is 10.5. The standard InChI is InChI=1S/C38H23N3/c1-2-13-27(14-3-1)34-33-23-20-24-10-4-7-15-28(24)35(33)40-38(39-34)41-36-29-16-8-5-11-25(29)18-21-31(36)32-22-19-26-12-6-9-17-30(26)37(32)41/h1-23H. The zero-order valence-electron chi connectivity index (χ0n) is 22.1. The molecular weight excluding hydrogens is 498 g/mol. The molecule has 0 radical (unpaired) electrons. The Kier molecular flexibility index (Phi) is 4.61. The quantitative estimate of drug-likeness (QED) is 0.212. The Morgan fingerprint density at radius 3 is 1.46 bits per heavy atom. The largest absolute Gasteiger partial charge is 0.277 e. The van der Waals surface area contributed by atoms with Gasteiger partial charge in [0.25, 0.3) is 0 Å². The number of hydrogen-bond acceptors (Lipinski definition) is 2. The maximum atomic E-state index is 5.40. The topological polar surface area (TPSA) is 30.7 Å². The van der Waals surface area contributed by atoms with Gasteiger partial charge in [-0.25, -0.2) is 9.97 Å². The van der Waals surface area contributed by atoms with Crippen molar-refractivity contribution in [3.63, 3.8) is 0 Å². The van der Waals surface area contributed by atoms with Gasteiger partial charge in [-0.05, 0) is 22.2 Å². The Labute approximate surface area is 235 Å². The van der Waals surface area contributed by atoms with Crippen LogP contribution in [0.1, 0.15) is 0 Å². The molecule has 3 heteroatoms. The number of fused-ring (bicyclic) bond motifs is 10. The Hall–Kier alpha value is -5.54. The number of benzene rings is 7. The molecule has 0 aliphatic heterocycles. The van der Waals surface area contributed by atoms with Crippen LogP contribution in [0.3, 0.4) is 0 Å². The molecule has 2 aromatic heterocycles. The third-order valence-electron chi connectivity index (χ3n) is 8.37. The SMILES string of the molecule is c1ccc(-c2nc(-n3c4c5ccccc5ccc4c4ccc5ccccc5c43)nc3c2ccc2ccccc23)cc1. The zero-order chi connectivity index (χ0) is 26.9. The lowest BCUT2D eigenvalue weighted by Gasteiger charge is -2.14. The average Bonchev–Trinajstić information content (AvgIpc) is 3.40. The highest BCUT2D eigenvalue weighted by Gasteiger charge is 2.21. The third kappa shape index (κ3) is 3.20. The van der Waals surface area contributed by atoms with Gasteiger partial charge in [0, 0.05) is 37.9 Å². The summed E-state index contributed by atoms with van der Waals surface area (Å²) in [6, 6.07) is 49.5. The first kappa shape index (κ1) is 22.3. The van der Waals surface area contributed by atoms with Gasteiger partial charge in [-0.2, -0.15) is 0 Å². The van der Waals surface area contributed by atoms with E-state index in [1.807, 2.05) is 0 Å². The highest BCUT2D eigenvalue weighted by molar-refractivity contribution is 6.23. The van der Waals surface area contributed by atoms with Gasteiger partial charge in [0.1, 0.15) is 0 Å². The lowest BCUT2D eigenvalue weighted by molar-refractivity contribution is 1.02. The van der Waals surface area contributed by atoms with Crippen LogP contribution in [0.4, 0.5) is 0 Å². The Bertz CT molecular complexity index is 2380. The first-order chi connectivity index (χ1) is 20.3. The summed E-state index contributed by atoms with van der Waals surface area (Å²) >= 11 is 0. The van der Waals surface area contributed by atoms with E-state index in [1.165, 1.54) is 37.7 Å². The molecule has 7 aromatic carbocycles. The molecule has 41 heavy (non-hydrogen) atoms. The van der Waals surface area contributed by atoms with Crippen LogP contribution in [0.25, 0.3) is 82.2 Å². The average molecular weight is 522 g/mol. The van der Waals surface area contributed by atoms with Crippen LogP contribution < -0.4 is 0 Å². The molecular formula is C38H23N3. The number of nitrogens with zero attached hydrogens (tertiary/aromatic N) is 3. The van der Waals surface area contributed by atoms with E-state index in [-0.39, 0.29) is 0 Å². The second-order valence-electron chi connectivity index (χ2n) is 10.6. The summed E-state index contributed by atoms with van der Waals surface area (Å²) < 4.78 is 2.31. The van der Waals surface area contributed by atoms with E-state index in [0.29, 0.717) is 5.95 Å². The molecule has 0 unspecified atom stereocenters. The number of hydrogen-bond donors (Lipinski definition) is 0. The van der Waals surface area contributed by atoms with Crippen molar-refractivity contribution in [3.05, 3.63) is 140 Å². The number of aromatic nitrogens is 3. The molecule has 2 heterocycles. The van der Waals surface area contributed by atoms with E-state index < -0.39 is 0 Å². The summed E-state index contributed by atoms with van der Waals surface area (Å²) in [7, 11) is 0. The molecule has 0 atom stereocenters. The van der Waals surface area contributed by atoms with Crippen molar-refractivity contribution in [1.29, 1.82) is 0 Å². The summed E-state index contributed by atoms with van der Waals surface area (Å²) in [6.45, 7) is 0. The van der Waals surface area contributed by atoms with Crippen LogP contribution >= 0.6 is 0 Å². The summed E-state index contributed by atoms with van der Waals surface area (Å²) in [5.74, 6) is 0.681. The van der Waals surface area contributed by atoms with Crippen molar-refractivity contribution in [2.75, 3.05) is 0 Å². The van der Waals surface area contributed by atoms with Gasteiger partial charge in [0.05, 0.1) is 22.2 Å². The minimum Gasteiger partial charge on any atom is -0.277 e. The smallest absolute Gasteiger partial charge is 0.235 e. The Morgan fingerprint density at radius 1 is 0.366 bits per heavy atom. The molecule has 9 rings (SSSR count). The molecule has 0 aliphatic rings. The van der Waals surface area contributed by atoms with Crippen molar-refractivity contribution >= 4 is 65.0 Å². The van der Waals surface area contributed by atoms with Gasteiger partial charge < -0.3 is 0 Å². The zero-order valence-corrected chi connectivity index (χ0v) is 22.1.